The van der Waals surface area contributed by atoms with E-state index in [9.17, 15) is 0 Å². The van der Waals surface area contributed by atoms with Gasteiger partial charge in [-0.25, -0.2) is 0 Å². The highest BCUT2D eigenvalue weighted by molar-refractivity contribution is 5.89. The number of nitrogens with zero attached hydrogens (tertiary/aromatic N) is 1. The molecule has 0 radical (unpaired) electrons. The largest absolute Gasteiger partial charge is 0.314 e. The fourth-order valence-electron chi connectivity index (χ4n) is 7.09. The smallest absolute Gasteiger partial charge is 0.0465 e. The van der Waals surface area contributed by atoms with Crippen LogP contribution in [-0.4, -0.2) is 0 Å². The minimum atomic E-state index is 0.413. The number of benzene rings is 6. The van der Waals surface area contributed by atoms with Gasteiger partial charge in [-0.05, 0) is 99.7 Å². The average molecular weight is 630 g/mol. The van der Waals surface area contributed by atoms with E-state index in [1.54, 1.807) is 0 Å². The van der Waals surface area contributed by atoms with E-state index < -0.39 is 0 Å². The maximum Gasteiger partial charge on any atom is 0.0465 e. The number of hydrogen-bond donors (Lipinski definition) is 0. The number of rotatable bonds is 8. The summed E-state index contributed by atoms with van der Waals surface area (Å²) in [5, 5.41) is 0. The molecule has 0 saturated heterocycles. The second-order valence-corrected chi connectivity index (χ2v) is 12.8. The SMILES string of the molecule is C1=CCCC(N(c2ccc(-c3ccc(-c4ccccc4)cc3)cc2)c2ccc(C3=CCC(c4ccccc4)C=C3)c(-c3ccccc3)c2)=C1. The molecule has 0 spiro atoms. The zero-order chi connectivity index (χ0) is 32.8. The fourth-order valence-corrected chi connectivity index (χ4v) is 7.09. The maximum atomic E-state index is 2.44. The zero-order valence-corrected chi connectivity index (χ0v) is 27.6. The summed E-state index contributed by atoms with van der Waals surface area (Å²) in [7, 11) is 0. The van der Waals surface area contributed by atoms with Gasteiger partial charge in [0.15, 0.2) is 0 Å². The van der Waals surface area contributed by atoms with Gasteiger partial charge in [-0.1, -0.05) is 164 Å². The van der Waals surface area contributed by atoms with E-state index in [4.69, 9.17) is 0 Å². The van der Waals surface area contributed by atoms with Crippen LogP contribution in [0.4, 0.5) is 11.4 Å². The van der Waals surface area contributed by atoms with E-state index in [0.29, 0.717) is 5.92 Å². The van der Waals surface area contributed by atoms with Gasteiger partial charge in [-0.15, -0.1) is 0 Å². The average Bonchev–Trinajstić information content (AvgIpc) is 3.20. The molecule has 0 aromatic heterocycles. The van der Waals surface area contributed by atoms with Crippen molar-refractivity contribution in [3.8, 4) is 33.4 Å². The maximum absolute atomic E-state index is 2.44. The number of allylic oxidation sites excluding steroid dienone is 8. The predicted molar refractivity (Wildman–Crippen MR) is 209 cm³/mol. The molecule has 6 aromatic carbocycles. The van der Waals surface area contributed by atoms with Crippen LogP contribution in [0.2, 0.25) is 0 Å². The number of anilines is 2. The molecule has 0 bridgehead atoms. The lowest BCUT2D eigenvalue weighted by Gasteiger charge is -2.30. The van der Waals surface area contributed by atoms with E-state index in [0.717, 1.165) is 19.3 Å². The Morgan fingerprint density at radius 1 is 0.510 bits per heavy atom. The summed E-state index contributed by atoms with van der Waals surface area (Å²) < 4.78 is 0. The van der Waals surface area contributed by atoms with Gasteiger partial charge >= 0.3 is 0 Å². The number of hydrogen-bond acceptors (Lipinski definition) is 1. The van der Waals surface area contributed by atoms with E-state index in [1.165, 1.54) is 67.2 Å². The van der Waals surface area contributed by atoms with Crippen molar-refractivity contribution in [3.63, 3.8) is 0 Å². The summed E-state index contributed by atoms with van der Waals surface area (Å²) in [6, 6.07) is 57.2. The molecule has 0 N–H and O–H groups in total. The lowest BCUT2D eigenvalue weighted by Crippen LogP contribution is -2.17. The Hall–Kier alpha value is -5.92. The van der Waals surface area contributed by atoms with Gasteiger partial charge < -0.3 is 4.90 Å². The molecule has 1 nitrogen and oxygen atoms in total. The van der Waals surface area contributed by atoms with E-state index in [2.05, 4.69) is 199 Å². The first-order valence-electron chi connectivity index (χ1n) is 17.3. The molecule has 2 aliphatic carbocycles. The highest BCUT2D eigenvalue weighted by Gasteiger charge is 2.20. The Bertz CT molecular complexity index is 2150. The van der Waals surface area contributed by atoms with Crippen LogP contribution in [0.25, 0.3) is 39.0 Å². The lowest BCUT2D eigenvalue weighted by atomic mass is 9.86. The normalized spacial score (nSPS) is 15.4. The minimum absolute atomic E-state index is 0.413. The third-order valence-corrected chi connectivity index (χ3v) is 9.71. The molecular formula is C48H39N. The summed E-state index contributed by atoms with van der Waals surface area (Å²) in [6.45, 7) is 0. The highest BCUT2D eigenvalue weighted by Crippen LogP contribution is 2.41. The second kappa shape index (κ2) is 14.1. The topological polar surface area (TPSA) is 3.24 Å². The van der Waals surface area contributed by atoms with Crippen LogP contribution < -0.4 is 4.90 Å². The first kappa shape index (κ1) is 30.4. The molecule has 2 aliphatic rings. The van der Waals surface area contributed by atoms with Crippen molar-refractivity contribution < 1.29 is 0 Å². The van der Waals surface area contributed by atoms with E-state index >= 15 is 0 Å². The molecule has 0 heterocycles. The van der Waals surface area contributed by atoms with Crippen LogP contribution >= 0.6 is 0 Å². The summed E-state index contributed by atoms with van der Waals surface area (Å²) in [4.78, 5) is 2.44. The van der Waals surface area contributed by atoms with Crippen LogP contribution in [0.5, 0.6) is 0 Å². The molecule has 0 fully saturated rings. The van der Waals surface area contributed by atoms with Gasteiger partial charge in [0.25, 0.3) is 0 Å². The first-order valence-corrected chi connectivity index (χ1v) is 17.3. The Kier molecular flexibility index (Phi) is 8.72. The van der Waals surface area contributed by atoms with Gasteiger partial charge in [0.2, 0.25) is 0 Å². The third-order valence-electron chi connectivity index (χ3n) is 9.71. The zero-order valence-electron chi connectivity index (χ0n) is 27.6. The van der Waals surface area contributed by atoms with Crippen molar-refractivity contribution in [2.75, 3.05) is 4.90 Å². The summed E-state index contributed by atoms with van der Waals surface area (Å²) in [6.07, 6.45) is 16.9. The molecule has 1 heteroatoms. The van der Waals surface area contributed by atoms with Gasteiger partial charge in [0, 0.05) is 23.0 Å². The van der Waals surface area contributed by atoms with E-state index in [-0.39, 0.29) is 0 Å². The third kappa shape index (κ3) is 6.62. The monoisotopic (exact) mass is 629 g/mol. The standard InChI is InChI=1S/C48H39N/c1-5-13-36(14-6-1)38-21-23-40(24-22-38)41-29-31-45(32-30-41)49(44-19-11-4-12-20-44)46-33-34-47(48(35-46)42-17-9-3-10-18-42)43-27-25-39(26-28-43)37-15-7-2-8-16-37/h1-11,13-19,21-25,27-35,39H,12,20,26H2. The molecule has 0 amide bonds. The Balaban J connectivity index is 1.14. The molecule has 236 valence electrons. The quantitative estimate of drug-likeness (QED) is 0.162. The molecule has 6 aromatic rings. The summed E-state index contributed by atoms with van der Waals surface area (Å²) in [5.74, 6) is 0.413. The molecule has 1 atom stereocenters. The van der Waals surface area contributed by atoms with Crippen LogP contribution in [0.1, 0.15) is 36.3 Å². The molecule has 1 unspecified atom stereocenters. The predicted octanol–water partition coefficient (Wildman–Crippen LogP) is 13.2. The van der Waals surface area contributed by atoms with Crippen molar-refractivity contribution in [2.45, 2.75) is 25.2 Å². The molecular weight excluding hydrogens is 591 g/mol. The minimum Gasteiger partial charge on any atom is -0.314 e. The fraction of sp³-hybridized carbons (Fsp3) is 0.0833. The molecule has 8 rings (SSSR count). The molecule has 49 heavy (non-hydrogen) atoms. The summed E-state index contributed by atoms with van der Waals surface area (Å²) in [5.41, 5.74) is 14.9. The van der Waals surface area contributed by atoms with E-state index in [1.807, 2.05) is 0 Å². The van der Waals surface area contributed by atoms with Gasteiger partial charge in [0.1, 0.15) is 0 Å². The van der Waals surface area contributed by atoms with Crippen molar-refractivity contribution in [1.29, 1.82) is 0 Å². The van der Waals surface area contributed by atoms with Crippen LogP contribution in [-0.2, 0) is 0 Å². The summed E-state index contributed by atoms with van der Waals surface area (Å²) >= 11 is 0. The van der Waals surface area contributed by atoms with Crippen LogP contribution in [0.3, 0.4) is 0 Å². The highest BCUT2D eigenvalue weighted by atomic mass is 15.1. The van der Waals surface area contributed by atoms with Crippen LogP contribution in [0, 0.1) is 0 Å². The van der Waals surface area contributed by atoms with Crippen molar-refractivity contribution in [1.82, 2.24) is 0 Å². The Labute approximate surface area is 290 Å². The van der Waals surface area contributed by atoms with Crippen molar-refractivity contribution in [2.24, 2.45) is 0 Å². The van der Waals surface area contributed by atoms with Gasteiger partial charge in [-0.3, -0.25) is 0 Å². The molecule has 0 aliphatic heterocycles. The Morgan fingerprint density at radius 2 is 1.08 bits per heavy atom. The van der Waals surface area contributed by atoms with Gasteiger partial charge in [-0.2, -0.15) is 0 Å². The first-order chi connectivity index (χ1) is 24.3. The second-order valence-electron chi connectivity index (χ2n) is 12.8. The molecule has 0 saturated carbocycles. The lowest BCUT2D eigenvalue weighted by molar-refractivity contribution is 0.856. The Morgan fingerprint density at radius 3 is 1.67 bits per heavy atom. The van der Waals surface area contributed by atoms with Crippen molar-refractivity contribution >= 4 is 16.9 Å². The van der Waals surface area contributed by atoms with Crippen LogP contribution in [0.15, 0.2) is 200 Å². The van der Waals surface area contributed by atoms with Crippen molar-refractivity contribution in [3.05, 3.63) is 211 Å². The van der Waals surface area contributed by atoms with Gasteiger partial charge in [0.05, 0.1) is 0 Å².